The van der Waals surface area contributed by atoms with Crippen LogP contribution in [0.25, 0.3) is 0 Å². The van der Waals surface area contributed by atoms with Crippen LogP contribution >= 0.6 is 0 Å². The van der Waals surface area contributed by atoms with Crippen molar-refractivity contribution in [3.63, 3.8) is 0 Å². The van der Waals surface area contributed by atoms with Crippen molar-refractivity contribution in [2.24, 2.45) is 0 Å². The molecule has 0 aliphatic heterocycles. The molecule has 2 aromatic rings. The first kappa shape index (κ1) is 11.1. The maximum atomic E-state index is 11.7. The van der Waals surface area contributed by atoms with E-state index in [0.29, 0.717) is 18.5 Å². The van der Waals surface area contributed by atoms with Gasteiger partial charge in [-0.3, -0.25) is 4.79 Å². The summed E-state index contributed by atoms with van der Waals surface area (Å²) in [5.74, 6) is 0.0293. The minimum absolute atomic E-state index is 0.213. The van der Waals surface area contributed by atoms with Crippen LogP contribution in [0.3, 0.4) is 0 Å². The van der Waals surface area contributed by atoms with Gasteiger partial charge in [-0.15, -0.1) is 0 Å². The minimum atomic E-state index is -0.213. The van der Waals surface area contributed by atoms with Crippen molar-refractivity contribution < 1.29 is 4.79 Å². The number of nitrogens with two attached hydrogens (primary N) is 1. The lowest BCUT2D eigenvalue weighted by Crippen LogP contribution is -2.26. The number of aromatic nitrogens is 3. The second-order valence-electron chi connectivity index (χ2n) is 3.52. The van der Waals surface area contributed by atoms with Crippen LogP contribution in [0.4, 0.5) is 5.82 Å². The van der Waals surface area contributed by atoms with E-state index in [4.69, 9.17) is 5.73 Å². The third-order valence-electron chi connectivity index (χ3n) is 2.32. The van der Waals surface area contributed by atoms with Crippen molar-refractivity contribution in [3.05, 3.63) is 42.1 Å². The Hall–Kier alpha value is -2.37. The molecule has 0 aromatic carbocycles. The Morgan fingerprint density at radius 2 is 2.41 bits per heavy atom. The van der Waals surface area contributed by atoms with Gasteiger partial charge in [-0.2, -0.15) is 0 Å². The number of carbonyl (C=O) groups excluding carboxylic acids is 1. The Labute approximate surface area is 98.3 Å². The summed E-state index contributed by atoms with van der Waals surface area (Å²) in [6, 6.07) is 3.33. The van der Waals surface area contributed by atoms with E-state index < -0.39 is 0 Å². The zero-order chi connectivity index (χ0) is 12.1. The summed E-state index contributed by atoms with van der Waals surface area (Å²) in [5, 5.41) is 2.77. The van der Waals surface area contributed by atoms with E-state index in [1.807, 2.05) is 0 Å². The Morgan fingerprint density at radius 1 is 1.53 bits per heavy atom. The van der Waals surface area contributed by atoms with Crippen LogP contribution in [0.1, 0.15) is 16.1 Å². The molecule has 17 heavy (non-hydrogen) atoms. The zero-order valence-electron chi connectivity index (χ0n) is 9.18. The van der Waals surface area contributed by atoms with Crippen LogP contribution in [0.5, 0.6) is 0 Å². The normalized spacial score (nSPS) is 10.1. The molecule has 0 unspecified atom stereocenters. The quantitative estimate of drug-likeness (QED) is 0.707. The van der Waals surface area contributed by atoms with Gasteiger partial charge in [-0.05, 0) is 12.1 Å². The molecule has 4 N–H and O–H groups in total. The first-order valence-electron chi connectivity index (χ1n) is 5.23. The molecule has 2 rings (SSSR count). The van der Waals surface area contributed by atoms with E-state index in [2.05, 4.69) is 20.3 Å². The summed E-state index contributed by atoms with van der Waals surface area (Å²) in [4.78, 5) is 22.5. The number of hydrogen-bond acceptors (Lipinski definition) is 4. The van der Waals surface area contributed by atoms with E-state index in [1.165, 1.54) is 0 Å². The van der Waals surface area contributed by atoms with Crippen molar-refractivity contribution in [2.75, 3.05) is 12.3 Å². The largest absolute Gasteiger partial charge is 0.383 e. The molecule has 0 aliphatic rings. The van der Waals surface area contributed by atoms with Gasteiger partial charge in [0.2, 0.25) is 0 Å². The summed E-state index contributed by atoms with van der Waals surface area (Å²) in [5.41, 5.74) is 6.98. The van der Waals surface area contributed by atoms with Gasteiger partial charge in [0.25, 0.3) is 5.91 Å². The molecule has 0 spiro atoms. The number of anilines is 1. The Balaban J connectivity index is 1.88. The lowest BCUT2D eigenvalue weighted by molar-refractivity contribution is 0.0954. The van der Waals surface area contributed by atoms with E-state index in [-0.39, 0.29) is 11.7 Å². The Kier molecular flexibility index (Phi) is 3.34. The van der Waals surface area contributed by atoms with Crippen molar-refractivity contribution in [1.29, 1.82) is 0 Å². The van der Waals surface area contributed by atoms with E-state index in [0.717, 1.165) is 5.69 Å². The maximum Gasteiger partial charge on any atom is 0.255 e. The lowest BCUT2D eigenvalue weighted by atomic mass is 10.2. The molecule has 0 fully saturated rings. The van der Waals surface area contributed by atoms with Gasteiger partial charge in [0, 0.05) is 31.1 Å². The van der Waals surface area contributed by atoms with Crippen LogP contribution in [0, 0.1) is 0 Å². The molecule has 0 saturated heterocycles. The van der Waals surface area contributed by atoms with E-state index >= 15 is 0 Å². The van der Waals surface area contributed by atoms with Crippen LogP contribution in [-0.4, -0.2) is 27.4 Å². The topological polar surface area (TPSA) is 96.7 Å². The SMILES string of the molecule is Nc1ncccc1C(=O)NCCc1cnc[nH]1. The predicted molar refractivity (Wildman–Crippen MR) is 63.3 cm³/mol. The molecule has 6 heteroatoms. The highest BCUT2D eigenvalue weighted by Crippen LogP contribution is 2.06. The second kappa shape index (κ2) is 5.11. The molecule has 6 nitrogen and oxygen atoms in total. The fourth-order valence-electron chi connectivity index (χ4n) is 1.44. The average molecular weight is 231 g/mol. The maximum absolute atomic E-state index is 11.7. The number of nitrogens with one attached hydrogen (secondary N) is 2. The molecule has 0 saturated carbocycles. The van der Waals surface area contributed by atoms with Gasteiger partial charge in [0.1, 0.15) is 5.82 Å². The van der Waals surface area contributed by atoms with Crippen LogP contribution < -0.4 is 11.1 Å². The standard InChI is InChI=1S/C11H13N5O/c12-10-9(2-1-4-14-10)11(17)15-5-3-8-6-13-7-16-8/h1-2,4,6-7H,3,5H2,(H2,12,14)(H,13,16)(H,15,17). The molecule has 0 atom stereocenters. The van der Waals surface area contributed by atoms with Crippen LogP contribution in [0.15, 0.2) is 30.9 Å². The first-order valence-corrected chi connectivity index (χ1v) is 5.23. The number of rotatable bonds is 4. The number of H-pyrrole nitrogens is 1. The van der Waals surface area contributed by atoms with Crippen molar-refractivity contribution in [2.45, 2.75) is 6.42 Å². The van der Waals surface area contributed by atoms with Crippen LogP contribution in [-0.2, 0) is 6.42 Å². The summed E-state index contributed by atoms with van der Waals surface area (Å²) in [7, 11) is 0. The molecule has 2 heterocycles. The van der Waals surface area contributed by atoms with Crippen molar-refractivity contribution >= 4 is 11.7 Å². The van der Waals surface area contributed by atoms with Gasteiger partial charge >= 0.3 is 0 Å². The lowest BCUT2D eigenvalue weighted by Gasteiger charge is -2.05. The Morgan fingerprint density at radius 3 is 3.12 bits per heavy atom. The monoisotopic (exact) mass is 231 g/mol. The van der Waals surface area contributed by atoms with Crippen molar-refractivity contribution in [1.82, 2.24) is 20.3 Å². The molecule has 2 aromatic heterocycles. The smallest absolute Gasteiger partial charge is 0.255 e. The molecule has 1 amide bonds. The minimum Gasteiger partial charge on any atom is -0.383 e. The first-order chi connectivity index (χ1) is 8.27. The fourth-order valence-corrected chi connectivity index (χ4v) is 1.44. The molecular formula is C11H13N5O. The number of nitrogen functional groups attached to an aromatic ring is 1. The highest BCUT2D eigenvalue weighted by atomic mass is 16.1. The van der Waals surface area contributed by atoms with Gasteiger partial charge in [0.05, 0.1) is 11.9 Å². The summed E-state index contributed by atoms with van der Waals surface area (Å²) >= 11 is 0. The number of carbonyl (C=O) groups is 1. The number of imidazole rings is 1. The van der Waals surface area contributed by atoms with Gasteiger partial charge < -0.3 is 16.0 Å². The van der Waals surface area contributed by atoms with Gasteiger partial charge in [0.15, 0.2) is 0 Å². The fraction of sp³-hybridized carbons (Fsp3) is 0.182. The number of amides is 1. The third kappa shape index (κ3) is 2.81. The van der Waals surface area contributed by atoms with Gasteiger partial charge in [-0.25, -0.2) is 9.97 Å². The van der Waals surface area contributed by atoms with Crippen molar-refractivity contribution in [3.8, 4) is 0 Å². The van der Waals surface area contributed by atoms with E-state index in [1.54, 1.807) is 30.9 Å². The highest BCUT2D eigenvalue weighted by Gasteiger charge is 2.08. The molecule has 0 aliphatic carbocycles. The molecule has 88 valence electrons. The summed E-state index contributed by atoms with van der Waals surface area (Å²) < 4.78 is 0. The summed E-state index contributed by atoms with van der Waals surface area (Å²) in [6.45, 7) is 0.523. The second-order valence-corrected chi connectivity index (χ2v) is 3.52. The number of hydrogen-bond donors (Lipinski definition) is 3. The third-order valence-corrected chi connectivity index (χ3v) is 2.32. The number of nitrogens with zero attached hydrogens (tertiary/aromatic N) is 2. The van der Waals surface area contributed by atoms with Gasteiger partial charge in [-0.1, -0.05) is 0 Å². The molecular weight excluding hydrogens is 218 g/mol. The number of aromatic amines is 1. The Bertz CT molecular complexity index is 494. The molecule has 0 bridgehead atoms. The van der Waals surface area contributed by atoms with E-state index in [9.17, 15) is 4.79 Å². The summed E-state index contributed by atoms with van der Waals surface area (Å²) in [6.07, 6.45) is 5.59. The van der Waals surface area contributed by atoms with Crippen LogP contribution in [0.2, 0.25) is 0 Å². The highest BCUT2D eigenvalue weighted by molar-refractivity contribution is 5.98. The molecule has 0 radical (unpaired) electrons. The number of pyridine rings is 1. The average Bonchev–Trinajstić information content (AvgIpc) is 2.82. The zero-order valence-corrected chi connectivity index (χ0v) is 9.18. The predicted octanol–water partition coefficient (Wildman–Crippen LogP) is 0.359.